The standard InChI is InChI=1S/C11H12BrClN2O2/c1-15(11(17)6-12)7-10(16)14-9-5-3-2-4-8(9)13/h2-5H,6-7H2,1H3,(H,14,16). The first-order valence-electron chi connectivity index (χ1n) is 4.89. The van der Waals surface area contributed by atoms with Crippen molar-refractivity contribution < 1.29 is 9.59 Å². The molecule has 0 aliphatic rings. The van der Waals surface area contributed by atoms with E-state index < -0.39 is 0 Å². The molecule has 0 fully saturated rings. The number of benzene rings is 1. The monoisotopic (exact) mass is 318 g/mol. The molecule has 0 unspecified atom stereocenters. The number of hydrogen-bond donors (Lipinski definition) is 1. The van der Waals surface area contributed by atoms with E-state index in [1.165, 1.54) is 4.90 Å². The van der Waals surface area contributed by atoms with E-state index in [4.69, 9.17) is 11.6 Å². The van der Waals surface area contributed by atoms with Crippen LogP contribution >= 0.6 is 27.5 Å². The lowest BCUT2D eigenvalue weighted by Crippen LogP contribution is -2.35. The van der Waals surface area contributed by atoms with Crippen molar-refractivity contribution in [3.05, 3.63) is 29.3 Å². The second-order valence-electron chi connectivity index (χ2n) is 3.41. The van der Waals surface area contributed by atoms with Gasteiger partial charge < -0.3 is 10.2 Å². The molecule has 0 bridgehead atoms. The predicted octanol–water partition coefficient (Wildman–Crippen LogP) is 2.13. The number of para-hydroxylation sites is 1. The Hall–Kier alpha value is -1.07. The van der Waals surface area contributed by atoms with Gasteiger partial charge in [-0.15, -0.1) is 0 Å². The summed E-state index contributed by atoms with van der Waals surface area (Å²) in [4.78, 5) is 24.2. The Morgan fingerprint density at radius 2 is 2.06 bits per heavy atom. The van der Waals surface area contributed by atoms with E-state index in [9.17, 15) is 9.59 Å². The Morgan fingerprint density at radius 1 is 1.41 bits per heavy atom. The summed E-state index contributed by atoms with van der Waals surface area (Å²) >= 11 is 8.93. The molecular weight excluding hydrogens is 307 g/mol. The summed E-state index contributed by atoms with van der Waals surface area (Å²) < 4.78 is 0. The fraction of sp³-hybridized carbons (Fsp3) is 0.273. The molecule has 1 aromatic carbocycles. The van der Waals surface area contributed by atoms with Crippen LogP contribution in [-0.2, 0) is 9.59 Å². The van der Waals surface area contributed by atoms with Crippen LogP contribution in [0.15, 0.2) is 24.3 Å². The van der Waals surface area contributed by atoms with Gasteiger partial charge in [-0.2, -0.15) is 0 Å². The second-order valence-corrected chi connectivity index (χ2v) is 4.38. The fourth-order valence-electron chi connectivity index (χ4n) is 1.16. The van der Waals surface area contributed by atoms with Crippen LogP contribution in [0.25, 0.3) is 0 Å². The van der Waals surface area contributed by atoms with E-state index >= 15 is 0 Å². The van der Waals surface area contributed by atoms with Gasteiger partial charge in [0.2, 0.25) is 11.8 Å². The van der Waals surface area contributed by atoms with E-state index in [2.05, 4.69) is 21.2 Å². The number of carbonyl (C=O) groups is 2. The number of hydrogen-bond acceptors (Lipinski definition) is 2. The minimum absolute atomic E-state index is 0.00431. The highest BCUT2D eigenvalue weighted by Gasteiger charge is 2.12. The lowest BCUT2D eigenvalue weighted by atomic mass is 10.3. The van der Waals surface area contributed by atoms with Crippen LogP contribution < -0.4 is 5.32 Å². The molecule has 4 nitrogen and oxygen atoms in total. The quantitative estimate of drug-likeness (QED) is 0.864. The predicted molar refractivity (Wildman–Crippen MR) is 71.5 cm³/mol. The molecule has 1 rings (SSSR count). The molecule has 0 aliphatic heterocycles. The minimum Gasteiger partial charge on any atom is -0.336 e. The van der Waals surface area contributed by atoms with Crippen molar-refractivity contribution in [1.82, 2.24) is 4.90 Å². The lowest BCUT2D eigenvalue weighted by molar-refractivity contribution is -0.130. The number of anilines is 1. The number of nitrogens with one attached hydrogen (secondary N) is 1. The van der Waals surface area contributed by atoms with E-state index in [0.717, 1.165) is 0 Å². The maximum absolute atomic E-state index is 11.6. The van der Waals surface area contributed by atoms with Crippen molar-refractivity contribution in [3.8, 4) is 0 Å². The maximum Gasteiger partial charge on any atom is 0.244 e. The molecule has 0 spiro atoms. The van der Waals surface area contributed by atoms with Crippen LogP contribution in [0.5, 0.6) is 0 Å². The second kappa shape index (κ2) is 6.61. The van der Waals surface area contributed by atoms with Gasteiger partial charge in [-0.1, -0.05) is 39.7 Å². The first kappa shape index (κ1) is 14.0. The molecule has 0 aliphatic carbocycles. The van der Waals surface area contributed by atoms with Crippen LogP contribution in [0.1, 0.15) is 0 Å². The summed E-state index contributed by atoms with van der Waals surface area (Å²) in [5, 5.41) is 3.31. The SMILES string of the molecule is CN(CC(=O)Nc1ccccc1Cl)C(=O)CBr. The Morgan fingerprint density at radius 3 is 2.65 bits per heavy atom. The lowest BCUT2D eigenvalue weighted by Gasteiger charge is -2.15. The van der Waals surface area contributed by atoms with E-state index in [-0.39, 0.29) is 23.7 Å². The third kappa shape index (κ3) is 4.36. The van der Waals surface area contributed by atoms with Crippen LogP contribution in [0, 0.1) is 0 Å². The zero-order chi connectivity index (χ0) is 12.8. The summed E-state index contributed by atoms with van der Waals surface area (Å²) in [6, 6.07) is 6.93. The molecule has 0 radical (unpaired) electrons. The molecular formula is C11H12BrClN2O2. The largest absolute Gasteiger partial charge is 0.336 e. The molecule has 0 saturated carbocycles. The third-order valence-electron chi connectivity index (χ3n) is 2.07. The van der Waals surface area contributed by atoms with Gasteiger partial charge in [0, 0.05) is 7.05 Å². The van der Waals surface area contributed by atoms with Crippen molar-refractivity contribution >= 4 is 45.0 Å². The van der Waals surface area contributed by atoms with Crippen LogP contribution in [0.4, 0.5) is 5.69 Å². The Labute approximate surface area is 113 Å². The van der Waals surface area contributed by atoms with Gasteiger partial charge in [0.1, 0.15) is 0 Å². The molecule has 0 heterocycles. The van der Waals surface area contributed by atoms with E-state index in [1.807, 2.05) is 0 Å². The molecule has 1 N–H and O–H groups in total. The van der Waals surface area contributed by atoms with Crippen molar-refractivity contribution in [2.45, 2.75) is 0 Å². The Balaban J connectivity index is 2.56. The molecule has 0 atom stereocenters. The van der Waals surface area contributed by atoms with Gasteiger partial charge in [0.05, 0.1) is 22.6 Å². The summed E-state index contributed by atoms with van der Waals surface area (Å²) in [5.41, 5.74) is 0.541. The van der Waals surface area contributed by atoms with Gasteiger partial charge in [0.25, 0.3) is 0 Å². The fourth-order valence-corrected chi connectivity index (χ4v) is 1.77. The first-order chi connectivity index (χ1) is 8.04. The number of carbonyl (C=O) groups excluding carboxylic acids is 2. The summed E-state index contributed by atoms with van der Waals surface area (Å²) in [6.07, 6.45) is 0. The van der Waals surface area contributed by atoms with E-state index in [0.29, 0.717) is 10.7 Å². The van der Waals surface area contributed by atoms with Gasteiger partial charge in [0.15, 0.2) is 0 Å². The molecule has 1 aromatic rings. The first-order valence-corrected chi connectivity index (χ1v) is 6.39. The maximum atomic E-state index is 11.6. The minimum atomic E-state index is -0.282. The Kier molecular flexibility index (Phi) is 5.44. The highest BCUT2D eigenvalue weighted by Crippen LogP contribution is 2.20. The highest BCUT2D eigenvalue weighted by atomic mass is 79.9. The number of alkyl halides is 1. The molecule has 0 aromatic heterocycles. The van der Waals surface area contributed by atoms with Crippen molar-refractivity contribution in [2.75, 3.05) is 24.2 Å². The van der Waals surface area contributed by atoms with Crippen molar-refractivity contribution in [1.29, 1.82) is 0 Å². The topological polar surface area (TPSA) is 49.4 Å². The Bertz CT molecular complexity index is 426. The molecule has 6 heteroatoms. The number of rotatable bonds is 4. The molecule has 92 valence electrons. The summed E-state index contributed by atoms with van der Waals surface area (Å²) in [7, 11) is 1.57. The van der Waals surface area contributed by atoms with Gasteiger partial charge in [-0.05, 0) is 12.1 Å². The molecule has 0 saturated heterocycles. The smallest absolute Gasteiger partial charge is 0.244 e. The van der Waals surface area contributed by atoms with Gasteiger partial charge in [-0.3, -0.25) is 9.59 Å². The van der Waals surface area contributed by atoms with Crippen molar-refractivity contribution in [2.24, 2.45) is 0 Å². The normalized spacial score (nSPS) is 9.82. The van der Waals surface area contributed by atoms with Gasteiger partial charge >= 0.3 is 0 Å². The number of nitrogens with zero attached hydrogens (tertiary/aromatic N) is 1. The van der Waals surface area contributed by atoms with Crippen LogP contribution in [-0.4, -0.2) is 35.6 Å². The van der Waals surface area contributed by atoms with Crippen molar-refractivity contribution in [3.63, 3.8) is 0 Å². The summed E-state index contributed by atoms with van der Waals surface area (Å²) in [6.45, 7) is -0.00431. The molecule has 17 heavy (non-hydrogen) atoms. The number of likely N-dealkylation sites (N-methyl/N-ethyl adjacent to an activating group) is 1. The summed E-state index contributed by atoms with van der Waals surface area (Å²) in [5.74, 6) is -0.436. The highest BCUT2D eigenvalue weighted by molar-refractivity contribution is 9.09. The number of amides is 2. The van der Waals surface area contributed by atoms with Crippen LogP contribution in [0.3, 0.4) is 0 Å². The third-order valence-corrected chi connectivity index (χ3v) is 2.88. The zero-order valence-corrected chi connectivity index (χ0v) is 11.6. The zero-order valence-electron chi connectivity index (χ0n) is 9.24. The number of halogens is 2. The molecule has 2 amide bonds. The van der Waals surface area contributed by atoms with E-state index in [1.54, 1.807) is 31.3 Å². The van der Waals surface area contributed by atoms with Crippen LogP contribution in [0.2, 0.25) is 5.02 Å². The average Bonchev–Trinajstić information content (AvgIpc) is 2.31. The van der Waals surface area contributed by atoms with Gasteiger partial charge in [-0.25, -0.2) is 0 Å². The average molecular weight is 320 g/mol.